The Bertz CT molecular complexity index is 1170. The topological polar surface area (TPSA) is 97.3 Å². The summed E-state index contributed by atoms with van der Waals surface area (Å²) in [7, 11) is 2.89. The number of rotatable bonds is 5. The summed E-state index contributed by atoms with van der Waals surface area (Å²) in [5.74, 6) is 0.138. The van der Waals surface area contributed by atoms with Crippen LogP contribution in [0.25, 0.3) is 22.2 Å². The van der Waals surface area contributed by atoms with Crippen LogP contribution in [0.1, 0.15) is 27.8 Å². The third kappa shape index (κ3) is 3.43. The number of hydrogen-bond acceptors (Lipinski definition) is 6. The summed E-state index contributed by atoms with van der Waals surface area (Å²) in [6, 6.07) is 14.2. The van der Waals surface area contributed by atoms with Gasteiger partial charge in [0.05, 0.1) is 25.6 Å². The zero-order chi connectivity index (χ0) is 20.4. The van der Waals surface area contributed by atoms with Crippen molar-refractivity contribution < 1.29 is 19.4 Å². The molecule has 29 heavy (non-hydrogen) atoms. The highest BCUT2D eigenvalue weighted by molar-refractivity contribution is 5.92. The Kier molecular flexibility index (Phi) is 4.97. The van der Waals surface area contributed by atoms with E-state index < -0.39 is 12.1 Å². The molecule has 7 heteroatoms. The van der Waals surface area contributed by atoms with E-state index in [9.17, 15) is 9.90 Å². The smallest absolute Gasteiger partial charge is 0.356 e. The Balaban J connectivity index is 1.91. The molecule has 3 heterocycles. The number of pyridine rings is 2. The molecule has 4 rings (SSSR count). The van der Waals surface area contributed by atoms with Crippen LogP contribution in [0.5, 0.6) is 5.75 Å². The molecule has 0 spiro atoms. The van der Waals surface area contributed by atoms with Crippen molar-refractivity contribution in [2.24, 2.45) is 0 Å². The zero-order valence-corrected chi connectivity index (χ0v) is 15.9. The predicted octanol–water partition coefficient (Wildman–Crippen LogP) is 3.50. The number of aliphatic hydroxyl groups is 1. The van der Waals surface area contributed by atoms with Crippen molar-refractivity contribution in [2.75, 3.05) is 14.2 Å². The number of nitrogens with one attached hydrogen (secondary N) is 1. The Labute approximate surface area is 167 Å². The molecule has 0 aliphatic carbocycles. The monoisotopic (exact) mass is 389 g/mol. The second-order valence-corrected chi connectivity index (χ2v) is 6.41. The molecule has 0 aliphatic rings. The van der Waals surface area contributed by atoms with Gasteiger partial charge in [0.15, 0.2) is 0 Å². The number of hydrogen-bond donors (Lipinski definition) is 2. The zero-order valence-electron chi connectivity index (χ0n) is 15.9. The molecule has 0 fully saturated rings. The summed E-state index contributed by atoms with van der Waals surface area (Å²) < 4.78 is 10.1. The first-order valence-electron chi connectivity index (χ1n) is 8.95. The van der Waals surface area contributed by atoms with Crippen LogP contribution in [0, 0.1) is 0 Å². The predicted molar refractivity (Wildman–Crippen MR) is 108 cm³/mol. The van der Waals surface area contributed by atoms with Crippen LogP contribution in [0.3, 0.4) is 0 Å². The van der Waals surface area contributed by atoms with Crippen LogP contribution < -0.4 is 4.74 Å². The molecule has 3 aromatic heterocycles. The highest BCUT2D eigenvalue weighted by Crippen LogP contribution is 2.38. The molecular weight excluding hydrogens is 370 g/mol. The first-order chi connectivity index (χ1) is 14.1. The van der Waals surface area contributed by atoms with E-state index in [0.29, 0.717) is 17.0 Å². The lowest BCUT2D eigenvalue weighted by molar-refractivity contribution is 0.0593. The summed E-state index contributed by atoms with van der Waals surface area (Å²) in [6.07, 6.45) is 2.33. The normalized spacial score (nSPS) is 12.0. The highest BCUT2D eigenvalue weighted by atomic mass is 16.5. The Morgan fingerprint density at radius 3 is 2.72 bits per heavy atom. The number of aromatic amines is 1. The maximum Gasteiger partial charge on any atom is 0.356 e. The molecule has 4 aromatic rings. The molecule has 0 amide bonds. The molecule has 1 atom stereocenters. The minimum atomic E-state index is -1.07. The van der Waals surface area contributed by atoms with E-state index in [2.05, 4.69) is 15.0 Å². The van der Waals surface area contributed by atoms with Gasteiger partial charge in [0, 0.05) is 40.5 Å². The van der Waals surface area contributed by atoms with Crippen LogP contribution >= 0.6 is 0 Å². The van der Waals surface area contributed by atoms with E-state index in [4.69, 9.17) is 9.47 Å². The van der Waals surface area contributed by atoms with Crippen molar-refractivity contribution >= 4 is 16.9 Å². The number of ether oxygens (including phenoxy) is 2. The summed E-state index contributed by atoms with van der Waals surface area (Å²) in [4.78, 5) is 23.7. The number of nitrogens with zero attached hydrogens (tertiary/aromatic N) is 2. The number of benzene rings is 1. The van der Waals surface area contributed by atoms with Crippen molar-refractivity contribution in [3.8, 4) is 17.0 Å². The lowest BCUT2D eigenvalue weighted by Gasteiger charge is -2.13. The van der Waals surface area contributed by atoms with Gasteiger partial charge in [0.2, 0.25) is 0 Å². The number of aliphatic hydroxyl groups excluding tert-OH is 1. The second kappa shape index (κ2) is 7.73. The first-order valence-corrected chi connectivity index (χ1v) is 8.95. The maximum atomic E-state index is 11.9. The Morgan fingerprint density at radius 1 is 1.14 bits per heavy atom. The Hall–Kier alpha value is -3.71. The number of carbonyl (C=O) groups is 1. The SMILES string of the molecule is COC(=O)c1cccc(C(O)c2c(-c3cccnc3)[nH]c3cc(OC)ccc23)n1. The van der Waals surface area contributed by atoms with Gasteiger partial charge in [-0.25, -0.2) is 9.78 Å². The van der Waals surface area contributed by atoms with E-state index >= 15 is 0 Å². The minimum absolute atomic E-state index is 0.133. The molecule has 0 saturated heterocycles. The van der Waals surface area contributed by atoms with Crippen LogP contribution in [0.4, 0.5) is 0 Å². The molecule has 1 aromatic carbocycles. The fourth-order valence-electron chi connectivity index (χ4n) is 3.32. The highest BCUT2D eigenvalue weighted by Gasteiger charge is 2.24. The fraction of sp³-hybridized carbons (Fsp3) is 0.136. The van der Waals surface area contributed by atoms with Crippen LogP contribution in [0.15, 0.2) is 60.9 Å². The van der Waals surface area contributed by atoms with Crippen LogP contribution in [-0.4, -0.2) is 40.2 Å². The summed E-state index contributed by atoms with van der Waals surface area (Å²) >= 11 is 0. The van der Waals surface area contributed by atoms with Gasteiger partial charge in [0.1, 0.15) is 17.5 Å². The fourth-order valence-corrected chi connectivity index (χ4v) is 3.32. The molecular formula is C22H19N3O4. The minimum Gasteiger partial charge on any atom is -0.497 e. The van der Waals surface area contributed by atoms with Gasteiger partial charge in [-0.15, -0.1) is 0 Å². The van der Waals surface area contributed by atoms with E-state index in [1.165, 1.54) is 7.11 Å². The van der Waals surface area contributed by atoms with Gasteiger partial charge in [0.25, 0.3) is 0 Å². The van der Waals surface area contributed by atoms with Gasteiger partial charge in [-0.1, -0.05) is 6.07 Å². The molecule has 0 saturated carbocycles. The van der Waals surface area contributed by atoms with Gasteiger partial charge in [-0.3, -0.25) is 4.98 Å². The van der Waals surface area contributed by atoms with Crippen molar-refractivity contribution in [3.63, 3.8) is 0 Å². The largest absolute Gasteiger partial charge is 0.497 e. The van der Waals surface area contributed by atoms with Gasteiger partial charge < -0.3 is 19.6 Å². The van der Waals surface area contributed by atoms with Gasteiger partial charge in [-0.05, 0) is 36.4 Å². The van der Waals surface area contributed by atoms with Crippen LogP contribution in [0.2, 0.25) is 0 Å². The summed E-state index contributed by atoms with van der Waals surface area (Å²) in [5.41, 5.74) is 3.47. The maximum absolute atomic E-state index is 11.9. The third-order valence-corrected chi connectivity index (χ3v) is 4.71. The van der Waals surface area contributed by atoms with Crippen molar-refractivity contribution in [3.05, 3.63) is 77.9 Å². The molecule has 0 radical (unpaired) electrons. The van der Waals surface area contributed by atoms with Crippen molar-refractivity contribution in [2.45, 2.75) is 6.10 Å². The molecule has 0 aliphatic heterocycles. The van der Waals surface area contributed by atoms with E-state index in [1.807, 2.05) is 30.3 Å². The second-order valence-electron chi connectivity index (χ2n) is 6.41. The quantitative estimate of drug-likeness (QED) is 0.507. The lowest BCUT2D eigenvalue weighted by atomic mass is 9.99. The number of methoxy groups -OCH3 is 2. The van der Waals surface area contributed by atoms with Crippen molar-refractivity contribution in [1.29, 1.82) is 0 Å². The first kappa shape index (κ1) is 18.6. The number of aromatic nitrogens is 3. The van der Waals surface area contributed by atoms with Gasteiger partial charge in [-0.2, -0.15) is 0 Å². The number of esters is 1. The molecule has 2 N–H and O–H groups in total. The standard InChI is InChI=1S/C22H19N3O4/c1-28-14-8-9-15-18(11-14)25-20(13-5-4-10-23-12-13)19(15)21(26)16-6-3-7-17(24-16)22(27)29-2/h3-12,21,25-26H,1-2H3. The average Bonchev–Trinajstić information content (AvgIpc) is 3.17. The number of H-pyrrole nitrogens is 1. The summed E-state index contributed by atoms with van der Waals surface area (Å²) in [6.45, 7) is 0. The lowest BCUT2D eigenvalue weighted by Crippen LogP contribution is -2.09. The van der Waals surface area contributed by atoms with Gasteiger partial charge >= 0.3 is 5.97 Å². The molecule has 0 bridgehead atoms. The Morgan fingerprint density at radius 2 is 2.00 bits per heavy atom. The van der Waals surface area contributed by atoms with Crippen LogP contribution in [-0.2, 0) is 4.74 Å². The summed E-state index contributed by atoms with van der Waals surface area (Å²) in [5, 5.41) is 12.1. The number of fused-ring (bicyclic) bond motifs is 1. The van der Waals surface area contributed by atoms with Crippen molar-refractivity contribution in [1.82, 2.24) is 15.0 Å². The molecule has 1 unspecified atom stereocenters. The van der Waals surface area contributed by atoms with E-state index in [0.717, 1.165) is 22.2 Å². The average molecular weight is 389 g/mol. The molecule has 7 nitrogen and oxygen atoms in total. The third-order valence-electron chi connectivity index (χ3n) is 4.71. The van der Waals surface area contributed by atoms with E-state index in [-0.39, 0.29) is 5.69 Å². The number of carbonyl (C=O) groups excluding carboxylic acids is 1. The molecule has 146 valence electrons. The van der Waals surface area contributed by atoms with E-state index in [1.54, 1.807) is 37.7 Å².